The first-order valence-corrected chi connectivity index (χ1v) is 8.76. The van der Waals surface area contributed by atoms with Gasteiger partial charge in [-0.25, -0.2) is 4.99 Å². The fourth-order valence-electron chi connectivity index (χ4n) is 2.12. The molecule has 2 rings (SSSR count). The summed E-state index contributed by atoms with van der Waals surface area (Å²) < 4.78 is 1.69. The molecule has 6 heteroatoms. The molecule has 1 N–H and O–H groups in total. The smallest absolute Gasteiger partial charge is 0.167 e. The van der Waals surface area contributed by atoms with Gasteiger partial charge in [-0.1, -0.05) is 30.3 Å². The minimum absolute atomic E-state index is 0.466. The highest BCUT2D eigenvalue weighted by atomic mass is 32.2. The van der Waals surface area contributed by atoms with Crippen LogP contribution in [0.3, 0.4) is 0 Å². The topological polar surface area (TPSA) is 58.2 Å². The van der Waals surface area contributed by atoms with Crippen molar-refractivity contribution in [3.8, 4) is 0 Å². The first-order chi connectivity index (χ1) is 10.7. The van der Waals surface area contributed by atoms with E-state index in [0.29, 0.717) is 17.1 Å². The normalized spacial score (nSPS) is 10.4. The Hall–Kier alpha value is -1.79. The van der Waals surface area contributed by atoms with Gasteiger partial charge in [-0.2, -0.15) is 0 Å². The van der Waals surface area contributed by atoms with Gasteiger partial charge in [0.05, 0.1) is 10.6 Å². The molecule has 114 valence electrons. The summed E-state index contributed by atoms with van der Waals surface area (Å²) >= 11 is 3.38. The van der Waals surface area contributed by atoms with Crippen LogP contribution in [0.25, 0.3) is 0 Å². The highest BCUT2D eigenvalue weighted by Gasteiger charge is 2.18. The lowest BCUT2D eigenvalue weighted by Gasteiger charge is -2.04. The maximum Gasteiger partial charge on any atom is 0.167 e. The van der Waals surface area contributed by atoms with E-state index in [1.807, 2.05) is 18.2 Å². The molecule has 0 saturated heterocycles. The summed E-state index contributed by atoms with van der Waals surface area (Å²) in [6.45, 7) is 3.57. The van der Waals surface area contributed by atoms with Crippen molar-refractivity contribution in [3.05, 3.63) is 47.2 Å². The number of thioether (sulfide) groups is 2. The highest BCUT2D eigenvalue weighted by Crippen LogP contribution is 2.37. The third kappa shape index (κ3) is 3.51. The van der Waals surface area contributed by atoms with Crippen LogP contribution in [0.15, 0.2) is 40.2 Å². The second-order valence-electron chi connectivity index (χ2n) is 4.53. The molecule has 0 amide bonds. The summed E-state index contributed by atoms with van der Waals surface area (Å²) in [6.07, 6.45) is 1.97. The summed E-state index contributed by atoms with van der Waals surface area (Å²) in [6, 6.07) is 10.3. The Morgan fingerprint density at radius 3 is 2.68 bits per heavy atom. The molecule has 0 bridgehead atoms. The van der Waals surface area contributed by atoms with E-state index in [1.54, 1.807) is 35.1 Å². The molecule has 0 radical (unpaired) electrons. The Bertz CT molecular complexity index is 680. The van der Waals surface area contributed by atoms with Gasteiger partial charge in [-0.05, 0) is 12.3 Å². The molecule has 0 aliphatic rings. The summed E-state index contributed by atoms with van der Waals surface area (Å²) in [5.74, 6) is 1.57. The number of nitrogens with zero attached hydrogens (tertiary/aromatic N) is 2. The number of carbonyl (C=O) groups excluding carboxylic acids is 1. The molecule has 0 spiro atoms. The van der Waals surface area contributed by atoms with E-state index in [2.05, 4.69) is 23.8 Å². The summed E-state index contributed by atoms with van der Waals surface area (Å²) in [5, 5.41) is 8.37. The number of nitrogens with one attached hydrogen (secondary N) is 1. The van der Waals surface area contributed by atoms with Gasteiger partial charge in [0.25, 0.3) is 0 Å². The van der Waals surface area contributed by atoms with E-state index in [-0.39, 0.29) is 0 Å². The number of aldehydes is 1. The monoisotopic (exact) mass is 331 g/mol. The van der Waals surface area contributed by atoms with Gasteiger partial charge < -0.3 is 9.98 Å². The van der Waals surface area contributed by atoms with Crippen LogP contribution in [-0.2, 0) is 12.8 Å². The minimum atomic E-state index is 0.466. The van der Waals surface area contributed by atoms with Gasteiger partial charge in [-0.15, -0.1) is 23.5 Å². The van der Waals surface area contributed by atoms with Crippen LogP contribution in [0.1, 0.15) is 21.6 Å². The minimum Gasteiger partial charge on any atom is -0.325 e. The Labute approximate surface area is 138 Å². The van der Waals surface area contributed by atoms with Crippen molar-refractivity contribution < 1.29 is 4.79 Å². The van der Waals surface area contributed by atoms with E-state index >= 15 is 0 Å². The highest BCUT2D eigenvalue weighted by molar-refractivity contribution is 8.15. The number of carbonyl (C=O) groups is 1. The lowest BCUT2D eigenvalue weighted by Crippen LogP contribution is -1.96. The lowest BCUT2D eigenvalue weighted by atomic mass is 10.2. The first-order valence-electron chi connectivity index (χ1n) is 6.62. The third-order valence-corrected chi connectivity index (χ3v) is 5.57. The zero-order chi connectivity index (χ0) is 15.9. The molecule has 22 heavy (non-hydrogen) atoms. The number of hydrogen-bond donors (Lipinski definition) is 1. The molecule has 0 unspecified atom stereocenters. The maximum atomic E-state index is 11.2. The van der Waals surface area contributed by atoms with E-state index in [9.17, 15) is 4.79 Å². The van der Waals surface area contributed by atoms with E-state index < -0.39 is 0 Å². The van der Waals surface area contributed by atoms with E-state index in [4.69, 9.17) is 5.41 Å². The predicted octanol–water partition coefficient (Wildman–Crippen LogP) is 4.15. The number of rotatable bonds is 8. The maximum absolute atomic E-state index is 11.2. The number of hydrogen-bond acceptors (Lipinski definition) is 5. The van der Waals surface area contributed by atoms with Crippen LogP contribution in [-0.4, -0.2) is 28.9 Å². The lowest BCUT2D eigenvalue weighted by molar-refractivity contribution is 0.111. The summed E-state index contributed by atoms with van der Waals surface area (Å²) in [4.78, 5) is 16.1. The zero-order valence-electron chi connectivity index (χ0n) is 12.3. The van der Waals surface area contributed by atoms with E-state index in [1.165, 1.54) is 11.8 Å². The van der Waals surface area contributed by atoms with Crippen molar-refractivity contribution in [2.45, 2.75) is 10.6 Å². The Morgan fingerprint density at radius 1 is 1.36 bits per heavy atom. The molecule has 1 aromatic heterocycles. The van der Waals surface area contributed by atoms with Crippen LogP contribution < -0.4 is 0 Å². The van der Waals surface area contributed by atoms with Crippen LogP contribution in [0.5, 0.6) is 0 Å². The number of aliphatic imine (C=N–C) groups is 1. The van der Waals surface area contributed by atoms with Crippen molar-refractivity contribution >= 4 is 48.6 Å². The van der Waals surface area contributed by atoms with Crippen LogP contribution in [0.2, 0.25) is 0 Å². The van der Waals surface area contributed by atoms with E-state index in [0.717, 1.165) is 22.0 Å². The van der Waals surface area contributed by atoms with Gasteiger partial charge in [0.15, 0.2) is 6.29 Å². The van der Waals surface area contributed by atoms with Gasteiger partial charge >= 0.3 is 0 Å². The van der Waals surface area contributed by atoms with Crippen LogP contribution in [0, 0.1) is 5.41 Å². The zero-order valence-corrected chi connectivity index (χ0v) is 13.9. The first kappa shape index (κ1) is 16.6. The van der Waals surface area contributed by atoms with Crippen LogP contribution >= 0.6 is 23.5 Å². The molecule has 1 heterocycles. The van der Waals surface area contributed by atoms with Crippen molar-refractivity contribution in [1.82, 2.24) is 4.57 Å². The van der Waals surface area contributed by atoms with Crippen molar-refractivity contribution in [3.63, 3.8) is 0 Å². The molecule has 2 aromatic rings. The fraction of sp³-hybridized carbons (Fsp3) is 0.188. The van der Waals surface area contributed by atoms with Gasteiger partial charge in [-0.3, -0.25) is 4.79 Å². The molecular weight excluding hydrogens is 314 g/mol. The molecule has 1 aromatic carbocycles. The molecule has 0 aliphatic carbocycles. The number of aromatic nitrogens is 1. The SMILES string of the molecule is C=Nc1c(SCSCc2ccccc2)c(C=N)c(C=O)n1C. The second kappa shape index (κ2) is 8.00. The average Bonchev–Trinajstić information content (AvgIpc) is 2.82. The van der Waals surface area contributed by atoms with Gasteiger partial charge in [0, 0.05) is 29.7 Å². The summed E-state index contributed by atoms with van der Waals surface area (Å²) in [7, 11) is 1.77. The largest absolute Gasteiger partial charge is 0.325 e. The van der Waals surface area contributed by atoms with Crippen molar-refractivity contribution in [2.24, 2.45) is 12.0 Å². The Balaban J connectivity index is 2.07. The summed E-state index contributed by atoms with van der Waals surface area (Å²) in [5.41, 5.74) is 2.36. The molecule has 4 nitrogen and oxygen atoms in total. The Morgan fingerprint density at radius 2 is 2.09 bits per heavy atom. The second-order valence-corrected chi connectivity index (χ2v) is 6.86. The molecular formula is C16H17N3OS2. The molecule has 0 aliphatic heterocycles. The third-order valence-electron chi connectivity index (χ3n) is 3.21. The number of benzene rings is 1. The van der Waals surface area contributed by atoms with Crippen molar-refractivity contribution in [2.75, 3.05) is 5.08 Å². The van der Waals surface area contributed by atoms with Crippen molar-refractivity contribution in [1.29, 1.82) is 5.41 Å². The van der Waals surface area contributed by atoms with Crippen LogP contribution in [0.4, 0.5) is 5.82 Å². The Kier molecular flexibility index (Phi) is 6.03. The predicted molar refractivity (Wildman–Crippen MR) is 96.4 cm³/mol. The average molecular weight is 331 g/mol. The molecule has 0 saturated carbocycles. The quantitative estimate of drug-likeness (QED) is 0.260. The molecule has 0 fully saturated rings. The standard InChI is InChI=1S/C16H17N3OS2/c1-18-16-15(13(8-17)14(9-20)19(16)2)22-11-21-10-12-6-4-3-5-7-12/h3-9,17H,1,10-11H2,2H3. The van der Waals surface area contributed by atoms with Gasteiger partial charge in [0.1, 0.15) is 5.82 Å². The fourth-order valence-corrected chi connectivity index (χ4v) is 4.34. The van der Waals surface area contributed by atoms with Gasteiger partial charge in [0.2, 0.25) is 0 Å². The molecule has 0 atom stereocenters.